The first-order chi connectivity index (χ1) is 8.42. The van der Waals surface area contributed by atoms with Crippen LogP contribution in [0.2, 0.25) is 0 Å². The smallest absolute Gasteiger partial charge is 0.242 e. The minimum Gasteiger partial charge on any atom is -0.341 e. The van der Waals surface area contributed by atoms with Crippen LogP contribution in [0, 0.1) is 5.92 Å². The summed E-state index contributed by atoms with van der Waals surface area (Å²) in [5.41, 5.74) is 5.45. The van der Waals surface area contributed by atoms with E-state index in [1.54, 1.807) is 0 Å². The van der Waals surface area contributed by atoms with Crippen molar-refractivity contribution in [1.82, 2.24) is 4.90 Å². The number of hydrogen-bond acceptors (Lipinski definition) is 2. The molecule has 1 aliphatic rings. The van der Waals surface area contributed by atoms with Gasteiger partial charge in [0.25, 0.3) is 0 Å². The van der Waals surface area contributed by atoms with Gasteiger partial charge in [-0.05, 0) is 44.9 Å². The van der Waals surface area contributed by atoms with Crippen LogP contribution in [0.25, 0.3) is 0 Å². The standard InChI is InChI=1S/C15H30N2O/c1-5-11-15(3,16)14(18)17(4)13-9-7-12(6-2)8-10-13/h12-13H,5-11,16H2,1-4H3. The van der Waals surface area contributed by atoms with Gasteiger partial charge < -0.3 is 10.6 Å². The molecule has 1 aliphatic carbocycles. The molecule has 0 radical (unpaired) electrons. The van der Waals surface area contributed by atoms with E-state index in [2.05, 4.69) is 13.8 Å². The van der Waals surface area contributed by atoms with Crippen LogP contribution in [0.4, 0.5) is 0 Å². The van der Waals surface area contributed by atoms with Crippen LogP contribution in [-0.4, -0.2) is 29.4 Å². The molecule has 0 aromatic carbocycles. The van der Waals surface area contributed by atoms with Crippen LogP contribution in [0.15, 0.2) is 0 Å². The quantitative estimate of drug-likeness (QED) is 0.820. The lowest BCUT2D eigenvalue weighted by Gasteiger charge is -2.38. The number of hydrogen-bond donors (Lipinski definition) is 1. The van der Waals surface area contributed by atoms with E-state index >= 15 is 0 Å². The summed E-state index contributed by atoms with van der Waals surface area (Å²) in [6.45, 7) is 6.20. The molecule has 0 bridgehead atoms. The van der Waals surface area contributed by atoms with Crippen molar-refractivity contribution < 1.29 is 4.79 Å². The molecule has 2 N–H and O–H groups in total. The normalized spacial score (nSPS) is 27.6. The van der Waals surface area contributed by atoms with Crippen LogP contribution >= 0.6 is 0 Å². The molecule has 1 amide bonds. The highest BCUT2D eigenvalue weighted by Crippen LogP contribution is 2.30. The van der Waals surface area contributed by atoms with Crippen LogP contribution < -0.4 is 5.73 Å². The molecule has 106 valence electrons. The molecular weight excluding hydrogens is 224 g/mol. The average Bonchev–Trinajstić information content (AvgIpc) is 2.37. The Bertz CT molecular complexity index is 268. The lowest BCUT2D eigenvalue weighted by Crippen LogP contribution is -2.55. The number of nitrogens with zero attached hydrogens (tertiary/aromatic N) is 1. The SMILES string of the molecule is CCCC(C)(N)C(=O)N(C)C1CCC(CC)CC1. The molecular formula is C15H30N2O. The zero-order chi connectivity index (χ0) is 13.8. The van der Waals surface area contributed by atoms with Crippen LogP contribution in [0.1, 0.15) is 65.7 Å². The first-order valence-electron chi connectivity index (χ1n) is 7.48. The molecule has 18 heavy (non-hydrogen) atoms. The summed E-state index contributed by atoms with van der Waals surface area (Å²) in [6, 6.07) is 0.403. The van der Waals surface area contributed by atoms with E-state index < -0.39 is 5.54 Å². The minimum atomic E-state index is -0.689. The zero-order valence-corrected chi connectivity index (χ0v) is 12.5. The zero-order valence-electron chi connectivity index (χ0n) is 12.5. The summed E-state index contributed by atoms with van der Waals surface area (Å²) in [6.07, 6.45) is 7.79. The van der Waals surface area contributed by atoms with Gasteiger partial charge in [0.05, 0.1) is 5.54 Å². The summed E-state index contributed by atoms with van der Waals surface area (Å²) in [4.78, 5) is 14.3. The summed E-state index contributed by atoms with van der Waals surface area (Å²) in [5.74, 6) is 0.981. The molecule has 0 aromatic heterocycles. The number of nitrogens with two attached hydrogens (primary N) is 1. The molecule has 1 saturated carbocycles. The summed E-state index contributed by atoms with van der Waals surface area (Å²) in [7, 11) is 1.93. The lowest BCUT2D eigenvalue weighted by atomic mass is 9.83. The van der Waals surface area contributed by atoms with Crippen LogP contribution in [-0.2, 0) is 4.79 Å². The first kappa shape index (κ1) is 15.5. The number of amides is 1. The molecule has 1 rings (SSSR count). The maximum Gasteiger partial charge on any atom is 0.242 e. The van der Waals surface area contributed by atoms with E-state index in [0.717, 1.165) is 31.6 Å². The molecule has 1 unspecified atom stereocenters. The Morgan fingerprint density at radius 3 is 2.28 bits per heavy atom. The van der Waals surface area contributed by atoms with Gasteiger partial charge in [-0.3, -0.25) is 4.79 Å². The van der Waals surface area contributed by atoms with Crippen molar-refractivity contribution in [3.63, 3.8) is 0 Å². The Kier molecular flexibility index (Phi) is 5.64. The Morgan fingerprint density at radius 2 is 1.83 bits per heavy atom. The maximum absolute atomic E-state index is 12.4. The molecule has 0 saturated heterocycles. The second kappa shape index (κ2) is 6.55. The molecule has 0 heterocycles. The van der Waals surface area contributed by atoms with Gasteiger partial charge in [0.2, 0.25) is 5.91 Å². The van der Waals surface area contributed by atoms with Crippen molar-refractivity contribution in [3.05, 3.63) is 0 Å². The van der Waals surface area contributed by atoms with Gasteiger partial charge in [-0.1, -0.05) is 26.7 Å². The fourth-order valence-electron chi connectivity index (χ4n) is 3.14. The van der Waals surface area contributed by atoms with Gasteiger partial charge in [-0.2, -0.15) is 0 Å². The van der Waals surface area contributed by atoms with Gasteiger partial charge in [0.1, 0.15) is 0 Å². The van der Waals surface area contributed by atoms with Crippen molar-refractivity contribution in [3.8, 4) is 0 Å². The van der Waals surface area contributed by atoms with Crippen molar-refractivity contribution >= 4 is 5.91 Å². The number of carbonyl (C=O) groups excluding carboxylic acids is 1. The van der Waals surface area contributed by atoms with Crippen molar-refractivity contribution in [2.75, 3.05) is 7.05 Å². The molecule has 1 atom stereocenters. The number of rotatable bonds is 5. The van der Waals surface area contributed by atoms with E-state index in [9.17, 15) is 4.79 Å². The third-order valence-electron chi connectivity index (χ3n) is 4.52. The number of carbonyl (C=O) groups is 1. The molecule has 3 nitrogen and oxygen atoms in total. The molecule has 0 aliphatic heterocycles. The second-order valence-corrected chi connectivity index (χ2v) is 6.17. The molecule has 0 spiro atoms. The van der Waals surface area contributed by atoms with Crippen molar-refractivity contribution in [1.29, 1.82) is 0 Å². The topological polar surface area (TPSA) is 46.3 Å². The van der Waals surface area contributed by atoms with Gasteiger partial charge in [0, 0.05) is 13.1 Å². The first-order valence-corrected chi connectivity index (χ1v) is 7.48. The Balaban J connectivity index is 2.54. The van der Waals surface area contributed by atoms with Gasteiger partial charge in [-0.15, -0.1) is 0 Å². The Labute approximate surface area is 112 Å². The highest BCUT2D eigenvalue weighted by atomic mass is 16.2. The van der Waals surface area contributed by atoms with Crippen molar-refractivity contribution in [2.24, 2.45) is 11.7 Å². The highest BCUT2D eigenvalue weighted by Gasteiger charge is 2.34. The Hall–Kier alpha value is -0.570. The van der Waals surface area contributed by atoms with Gasteiger partial charge >= 0.3 is 0 Å². The second-order valence-electron chi connectivity index (χ2n) is 6.17. The number of likely N-dealkylation sites (N-methyl/N-ethyl adjacent to an activating group) is 1. The van der Waals surface area contributed by atoms with E-state index in [1.807, 2.05) is 18.9 Å². The average molecular weight is 254 g/mol. The third kappa shape index (κ3) is 3.71. The lowest BCUT2D eigenvalue weighted by molar-refractivity contribution is -0.138. The monoisotopic (exact) mass is 254 g/mol. The van der Waals surface area contributed by atoms with Gasteiger partial charge in [0.15, 0.2) is 0 Å². The summed E-state index contributed by atoms with van der Waals surface area (Å²) < 4.78 is 0. The summed E-state index contributed by atoms with van der Waals surface area (Å²) >= 11 is 0. The molecule has 0 aromatic rings. The largest absolute Gasteiger partial charge is 0.341 e. The molecule has 3 heteroatoms. The maximum atomic E-state index is 12.4. The fourth-order valence-corrected chi connectivity index (χ4v) is 3.14. The summed E-state index contributed by atoms with van der Waals surface area (Å²) in [5, 5.41) is 0. The molecule has 1 fully saturated rings. The van der Waals surface area contributed by atoms with Crippen LogP contribution in [0.3, 0.4) is 0 Å². The van der Waals surface area contributed by atoms with E-state index in [4.69, 9.17) is 5.73 Å². The van der Waals surface area contributed by atoms with Crippen molar-refractivity contribution in [2.45, 2.75) is 77.3 Å². The van der Waals surface area contributed by atoms with E-state index in [1.165, 1.54) is 19.3 Å². The third-order valence-corrected chi connectivity index (χ3v) is 4.52. The van der Waals surface area contributed by atoms with Gasteiger partial charge in [-0.25, -0.2) is 0 Å². The predicted molar refractivity (Wildman–Crippen MR) is 76.3 cm³/mol. The van der Waals surface area contributed by atoms with E-state index in [-0.39, 0.29) is 5.91 Å². The van der Waals surface area contributed by atoms with Crippen LogP contribution in [0.5, 0.6) is 0 Å². The predicted octanol–water partition coefficient (Wildman–Crippen LogP) is 2.93. The highest BCUT2D eigenvalue weighted by molar-refractivity contribution is 5.85. The Morgan fingerprint density at radius 1 is 1.28 bits per heavy atom. The minimum absolute atomic E-state index is 0.115. The fraction of sp³-hybridized carbons (Fsp3) is 0.933. The van der Waals surface area contributed by atoms with E-state index in [0.29, 0.717) is 6.04 Å².